The predicted molar refractivity (Wildman–Crippen MR) is 308 cm³/mol. The van der Waals surface area contributed by atoms with Crippen LogP contribution in [0.2, 0.25) is 0 Å². The van der Waals surface area contributed by atoms with Gasteiger partial charge in [0.2, 0.25) is 29.5 Å². The standard InChI is InChI=1S/C55H70N14O9S2/c1-32(70)59-23-11-9-18-41(47(71)62-33-21-22-40-46(27-33)80-52(66-40)51-67-45(30-79-51)53(75)76)63-48(72)42(19-10-12-25-69(3)4)64-50(74)44(26-34-28-58-31-61-34)65-49(73)43(20-13-24-60-54(56)57-2)68-55(77)78-29-39-37-16-7-5-14-35(37)36-15-6-8-17-38(36)39/h5-8,14-17,21-22,27-28,31,39,41-45H,9-13,18-20,23-26,29-30H2,1-4H3,(H,58,61)(H,59,70)(H,62,71)(H,63,72)(H,64,74)(H,65,73)(H,68,77)(H,75,76)(H3,56,57,60)/t41-,42-,43-,44-,45+/m0/s1. The normalized spacial score (nSPS) is 15.4. The molecule has 5 atom stereocenters. The van der Waals surface area contributed by atoms with Crippen LogP contribution in [0.5, 0.6) is 0 Å². The number of amides is 6. The number of aliphatic imine (C=N–C) groups is 2. The Morgan fingerprint density at radius 3 is 2.06 bits per heavy atom. The molecule has 0 unspecified atom stereocenters. The summed E-state index contributed by atoms with van der Waals surface area (Å²) in [6.45, 7) is 2.78. The van der Waals surface area contributed by atoms with Gasteiger partial charge in [0.05, 0.1) is 16.5 Å². The number of guanidine groups is 1. The molecule has 1 aliphatic carbocycles. The number of aromatic amines is 1. The smallest absolute Gasteiger partial charge is 0.407 e. The fourth-order valence-corrected chi connectivity index (χ4v) is 11.4. The molecular weight excluding hydrogens is 1060 g/mol. The Labute approximate surface area is 472 Å². The van der Waals surface area contributed by atoms with Gasteiger partial charge in [0.1, 0.15) is 40.8 Å². The number of aromatic nitrogens is 3. The summed E-state index contributed by atoms with van der Waals surface area (Å²) in [5, 5.41) is 30.5. The second-order valence-electron chi connectivity index (χ2n) is 19.7. The van der Waals surface area contributed by atoms with E-state index in [1.165, 1.54) is 49.6 Å². The van der Waals surface area contributed by atoms with Crippen LogP contribution in [0.3, 0.4) is 0 Å². The van der Waals surface area contributed by atoms with Crippen LogP contribution in [0.15, 0.2) is 89.2 Å². The summed E-state index contributed by atoms with van der Waals surface area (Å²) in [6, 6.07) is 15.4. The number of nitrogens with zero attached hydrogens (tertiary/aromatic N) is 5. The quantitative estimate of drug-likeness (QED) is 0.0185. The first-order chi connectivity index (χ1) is 38.6. The number of nitrogens with two attached hydrogens (primary N) is 1. The van der Waals surface area contributed by atoms with Crippen LogP contribution in [0.25, 0.3) is 21.3 Å². The number of fused-ring (bicyclic) bond motifs is 4. The zero-order chi connectivity index (χ0) is 57.1. The largest absolute Gasteiger partial charge is 0.480 e. The molecule has 5 aromatic rings. The third kappa shape index (κ3) is 17.1. The van der Waals surface area contributed by atoms with Crippen molar-refractivity contribution < 1.29 is 43.4 Å². The van der Waals surface area contributed by atoms with Crippen LogP contribution in [0.4, 0.5) is 10.5 Å². The maximum Gasteiger partial charge on any atom is 0.407 e. The number of anilines is 1. The third-order valence-corrected chi connectivity index (χ3v) is 15.7. The number of carboxylic acid groups (broad SMARTS) is 1. The van der Waals surface area contributed by atoms with Crippen LogP contribution in [0, 0.1) is 0 Å². The van der Waals surface area contributed by atoms with E-state index in [1.54, 1.807) is 18.2 Å². The molecule has 2 aliphatic rings. The summed E-state index contributed by atoms with van der Waals surface area (Å²) in [5.41, 5.74) is 11.6. The summed E-state index contributed by atoms with van der Waals surface area (Å²) in [7, 11) is 5.39. The molecule has 0 saturated carbocycles. The molecule has 23 nitrogen and oxygen atoms in total. The minimum atomic E-state index is -1.29. The molecule has 0 spiro atoms. The molecule has 0 radical (unpaired) electrons. The molecule has 1 aliphatic heterocycles. The van der Waals surface area contributed by atoms with E-state index in [1.807, 2.05) is 67.5 Å². The second kappa shape index (κ2) is 29.4. The lowest BCUT2D eigenvalue weighted by molar-refractivity contribution is -0.137. The topological polar surface area (TPSA) is 329 Å². The van der Waals surface area contributed by atoms with E-state index < -0.39 is 65.9 Å². The Hall–Kier alpha value is -7.90. The van der Waals surface area contributed by atoms with Crippen molar-refractivity contribution >= 4 is 91.6 Å². The highest BCUT2D eigenvalue weighted by Crippen LogP contribution is 2.44. The predicted octanol–water partition coefficient (Wildman–Crippen LogP) is 3.86. The minimum Gasteiger partial charge on any atom is -0.480 e. The summed E-state index contributed by atoms with van der Waals surface area (Å²) in [4.78, 5) is 117. The summed E-state index contributed by atoms with van der Waals surface area (Å²) >= 11 is 2.63. The number of hydrogen-bond donors (Lipinski definition) is 10. The van der Waals surface area contributed by atoms with Crippen molar-refractivity contribution in [2.45, 2.75) is 101 Å². The average Bonchev–Trinajstić information content (AvgIpc) is 4.29. The van der Waals surface area contributed by atoms with E-state index in [0.29, 0.717) is 84.4 Å². The monoisotopic (exact) mass is 1130 g/mol. The van der Waals surface area contributed by atoms with Crippen molar-refractivity contribution in [2.75, 3.05) is 58.5 Å². The van der Waals surface area contributed by atoms with Gasteiger partial charge in [-0.25, -0.2) is 19.6 Å². The van der Waals surface area contributed by atoms with Gasteiger partial charge in [-0.1, -0.05) is 48.5 Å². The number of rotatable bonds is 29. The Morgan fingerprint density at radius 2 is 1.43 bits per heavy atom. The molecule has 3 heterocycles. The molecule has 3 aromatic carbocycles. The summed E-state index contributed by atoms with van der Waals surface area (Å²) < 4.78 is 6.56. The third-order valence-electron chi connectivity index (χ3n) is 13.5. The van der Waals surface area contributed by atoms with Crippen LogP contribution >= 0.6 is 23.1 Å². The number of carbonyl (C=O) groups is 7. The van der Waals surface area contributed by atoms with E-state index in [9.17, 15) is 38.7 Å². The van der Waals surface area contributed by atoms with Gasteiger partial charge in [0, 0.05) is 62.7 Å². The number of hydrogen-bond acceptors (Lipinski definition) is 15. The van der Waals surface area contributed by atoms with Crippen molar-refractivity contribution in [3.63, 3.8) is 0 Å². The number of aliphatic carboxylic acids is 1. The molecule has 2 aromatic heterocycles. The first-order valence-electron chi connectivity index (χ1n) is 26.6. The zero-order valence-electron chi connectivity index (χ0n) is 45.2. The van der Waals surface area contributed by atoms with Gasteiger partial charge < -0.3 is 62.7 Å². The van der Waals surface area contributed by atoms with Gasteiger partial charge in [-0.2, -0.15) is 0 Å². The summed E-state index contributed by atoms with van der Waals surface area (Å²) in [5.74, 6) is -3.51. The molecule has 426 valence electrons. The van der Waals surface area contributed by atoms with Crippen LogP contribution < -0.4 is 43.0 Å². The molecule has 0 bridgehead atoms. The number of thiazole rings is 1. The van der Waals surface area contributed by atoms with E-state index in [2.05, 4.69) is 62.2 Å². The molecule has 6 amide bonds. The number of ether oxygens (including phenoxy) is 1. The number of imidazole rings is 1. The van der Waals surface area contributed by atoms with Gasteiger partial charge in [-0.05, 0) is 112 Å². The van der Waals surface area contributed by atoms with Crippen LogP contribution in [-0.2, 0) is 39.9 Å². The van der Waals surface area contributed by atoms with E-state index in [4.69, 9.17) is 10.5 Å². The SMILES string of the molecule is CN=C(N)NCCC[C@H](NC(=O)OCC1c2ccccc2-c2ccccc21)C(=O)N[C@@H](Cc1cnc[nH]1)C(=O)N[C@@H](CCCCN(C)C)C(=O)N[C@@H](CCCCNC(C)=O)C(=O)Nc1ccc2nc(C3=N[C@@H](C(=O)O)CS3)sc2c1. The second-order valence-corrected chi connectivity index (χ2v) is 21.8. The summed E-state index contributed by atoms with van der Waals surface area (Å²) in [6.07, 6.45) is 4.97. The number of carboxylic acids is 1. The number of thioether (sulfide) groups is 1. The number of H-pyrrole nitrogens is 1. The van der Waals surface area contributed by atoms with E-state index >= 15 is 0 Å². The number of unbranched alkanes of at least 4 members (excludes halogenated alkanes) is 2. The molecule has 0 saturated heterocycles. The van der Waals surface area contributed by atoms with Gasteiger partial charge in [-0.15, -0.1) is 23.1 Å². The van der Waals surface area contributed by atoms with Crippen LogP contribution in [0.1, 0.15) is 86.0 Å². The lowest BCUT2D eigenvalue weighted by Crippen LogP contribution is -2.58. The Bertz CT molecular complexity index is 2990. The molecule has 80 heavy (non-hydrogen) atoms. The molecular formula is C55H70N14O9S2. The lowest BCUT2D eigenvalue weighted by atomic mass is 9.98. The van der Waals surface area contributed by atoms with Crippen molar-refractivity contribution in [1.29, 1.82) is 0 Å². The van der Waals surface area contributed by atoms with Gasteiger partial charge in [0.15, 0.2) is 12.0 Å². The first-order valence-corrected chi connectivity index (χ1v) is 28.4. The molecule has 25 heteroatoms. The first kappa shape index (κ1) is 59.8. The van der Waals surface area contributed by atoms with Gasteiger partial charge >= 0.3 is 12.1 Å². The Balaban J connectivity index is 1.07. The van der Waals surface area contributed by atoms with Crippen LogP contribution in [-0.4, -0.2) is 161 Å². The van der Waals surface area contributed by atoms with Crippen molar-refractivity contribution in [1.82, 2.24) is 51.8 Å². The highest BCUT2D eigenvalue weighted by atomic mass is 32.2. The van der Waals surface area contributed by atoms with Gasteiger partial charge in [-0.3, -0.25) is 34.0 Å². The van der Waals surface area contributed by atoms with E-state index in [0.717, 1.165) is 27.0 Å². The molecule has 11 N–H and O–H groups in total. The average molecular weight is 1140 g/mol. The van der Waals surface area contributed by atoms with Crippen molar-refractivity contribution in [3.8, 4) is 11.1 Å². The highest BCUT2D eigenvalue weighted by Gasteiger charge is 2.34. The number of benzene rings is 3. The Morgan fingerprint density at radius 1 is 0.800 bits per heavy atom. The minimum absolute atomic E-state index is 0.000338. The fraction of sp³-hybridized carbons (Fsp3) is 0.436. The maximum atomic E-state index is 14.7. The van der Waals surface area contributed by atoms with E-state index in [-0.39, 0.29) is 50.1 Å². The Kier molecular flexibility index (Phi) is 21.9. The van der Waals surface area contributed by atoms with Gasteiger partial charge in [0.25, 0.3) is 0 Å². The number of carbonyl (C=O) groups excluding carboxylic acids is 6. The van der Waals surface area contributed by atoms with Crippen molar-refractivity contribution in [3.05, 3.63) is 101 Å². The zero-order valence-corrected chi connectivity index (χ0v) is 46.8. The number of nitrogens with one attached hydrogen (secondary N) is 8. The highest BCUT2D eigenvalue weighted by molar-refractivity contribution is 8.15. The fourth-order valence-electron chi connectivity index (χ4n) is 9.29. The number of alkyl carbamates (subject to hydrolysis) is 1. The van der Waals surface area contributed by atoms with Crippen molar-refractivity contribution in [2.24, 2.45) is 15.7 Å². The molecule has 7 rings (SSSR count). The molecule has 0 fully saturated rings. The maximum absolute atomic E-state index is 14.7. The lowest BCUT2D eigenvalue weighted by Gasteiger charge is -2.27.